The molecule has 1 aliphatic carbocycles. The molecule has 0 saturated heterocycles. The molecule has 4 heteroatoms. The van der Waals surface area contributed by atoms with E-state index in [-0.39, 0.29) is 12.0 Å². The molecule has 0 amide bonds. The van der Waals surface area contributed by atoms with E-state index >= 15 is 0 Å². The molecule has 1 saturated carbocycles. The Labute approximate surface area is 109 Å². The maximum Gasteiger partial charge on any atom is 0.0547 e. The first-order valence-electron chi connectivity index (χ1n) is 6.76. The van der Waals surface area contributed by atoms with E-state index in [9.17, 15) is 5.11 Å². The standard InChI is InChI=1S/C14H23N3O/c1-15-12-7-13(9-16-8-12)17-10-14(11-18)5-3-2-4-6-14/h7-9,15,17-18H,2-6,10-11H2,1H3. The molecule has 1 aromatic rings. The third-order valence-corrected chi connectivity index (χ3v) is 3.94. The number of aliphatic hydroxyl groups is 1. The van der Waals surface area contributed by atoms with E-state index in [0.717, 1.165) is 30.8 Å². The molecule has 2 rings (SSSR count). The van der Waals surface area contributed by atoms with Crippen LogP contribution in [0.15, 0.2) is 18.5 Å². The fraction of sp³-hybridized carbons (Fsp3) is 0.643. The van der Waals surface area contributed by atoms with Crippen molar-refractivity contribution in [1.82, 2.24) is 4.98 Å². The van der Waals surface area contributed by atoms with Crippen LogP contribution in [0.3, 0.4) is 0 Å². The van der Waals surface area contributed by atoms with Crippen molar-refractivity contribution in [2.75, 3.05) is 30.8 Å². The molecule has 4 nitrogen and oxygen atoms in total. The summed E-state index contributed by atoms with van der Waals surface area (Å²) in [4.78, 5) is 4.18. The Kier molecular flexibility index (Phi) is 4.42. The lowest BCUT2D eigenvalue weighted by Crippen LogP contribution is -2.35. The predicted octanol–water partition coefficient (Wildman–Crippen LogP) is 2.48. The molecule has 0 unspecified atom stereocenters. The Hall–Kier alpha value is -1.29. The number of rotatable bonds is 5. The number of anilines is 2. The zero-order valence-corrected chi connectivity index (χ0v) is 11.1. The van der Waals surface area contributed by atoms with Crippen LogP contribution < -0.4 is 10.6 Å². The second-order valence-electron chi connectivity index (χ2n) is 5.28. The van der Waals surface area contributed by atoms with Crippen molar-refractivity contribution in [2.24, 2.45) is 5.41 Å². The average Bonchev–Trinajstić information content (AvgIpc) is 2.46. The quantitative estimate of drug-likeness (QED) is 0.750. The molecule has 0 atom stereocenters. The molecule has 0 aromatic carbocycles. The van der Waals surface area contributed by atoms with Gasteiger partial charge in [0.1, 0.15) is 0 Å². The summed E-state index contributed by atoms with van der Waals surface area (Å²) in [6.45, 7) is 1.11. The first-order valence-corrected chi connectivity index (χ1v) is 6.76. The van der Waals surface area contributed by atoms with Gasteiger partial charge in [0, 0.05) is 19.0 Å². The van der Waals surface area contributed by atoms with E-state index in [0.29, 0.717) is 0 Å². The molecule has 1 aliphatic rings. The van der Waals surface area contributed by atoms with Crippen LogP contribution in [0.2, 0.25) is 0 Å². The highest BCUT2D eigenvalue weighted by atomic mass is 16.3. The average molecular weight is 249 g/mol. The number of pyridine rings is 1. The van der Waals surface area contributed by atoms with Gasteiger partial charge < -0.3 is 15.7 Å². The lowest BCUT2D eigenvalue weighted by molar-refractivity contribution is 0.0944. The van der Waals surface area contributed by atoms with Crippen molar-refractivity contribution >= 4 is 11.4 Å². The highest BCUT2D eigenvalue weighted by Crippen LogP contribution is 2.36. The lowest BCUT2D eigenvalue weighted by Gasteiger charge is -2.36. The Morgan fingerprint density at radius 1 is 1.22 bits per heavy atom. The summed E-state index contributed by atoms with van der Waals surface area (Å²) in [5.74, 6) is 0. The van der Waals surface area contributed by atoms with E-state index in [1.165, 1.54) is 19.3 Å². The van der Waals surface area contributed by atoms with Gasteiger partial charge in [-0.25, -0.2) is 0 Å². The molecule has 0 radical (unpaired) electrons. The Balaban J connectivity index is 1.96. The Morgan fingerprint density at radius 3 is 2.61 bits per heavy atom. The minimum absolute atomic E-state index is 0.0634. The van der Waals surface area contributed by atoms with Crippen molar-refractivity contribution in [3.63, 3.8) is 0 Å². The summed E-state index contributed by atoms with van der Waals surface area (Å²) in [6, 6.07) is 2.04. The maximum atomic E-state index is 9.65. The summed E-state index contributed by atoms with van der Waals surface area (Å²) in [7, 11) is 1.89. The smallest absolute Gasteiger partial charge is 0.0547 e. The normalized spacial score (nSPS) is 18.3. The highest BCUT2D eigenvalue weighted by Gasteiger charge is 2.31. The molecule has 1 heterocycles. The van der Waals surface area contributed by atoms with Gasteiger partial charge in [-0.2, -0.15) is 0 Å². The second kappa shape index (κ2) is 6.05. The summed E-state index contributed by atoms with van der Waals surface area (Å²) in [6.07, 6.45) is 9.64. The minimum Gasteiger partial charge on any atom is -0.396 e. The summed E-state index contributed by atoms with van der Waals surface area (Å²) < 4.78 is 0. The van der Waals surface area contributed by atoms with E-state index < -0.39 is 0 Å². The molecule has 18 heavy (non-hydrogen) atoms. The van der Waals surface area contributed by atoms with Gasteiger partial charge in [-0.1, -0.05) is 19.3 Å². The lowest BCUT2D eigenvalue weighted by atomic mass is 9.74. The topological polar surface area (TPSA) is 57.2 Å². The molecule has 0 spiro atoms. The molecule has 0 bridgehead atoms. The molecule has 1 fully saturated rings. The fourth-order valence-corrected chi connectivity index (χ4v) is 2.66. The van der Waals surface area contributed by atoms with E-state index in [2.05, 4.69) is 15.6 Å². The molecule has 3 N–H and O–H groups in total. The first kappa shape index (κ1) is 13.1. The van der Waals surface area contributed by atoms with Gasteiger partial charge >= 0.3 is 0 Å². The number of hydrogen-bond acceptors (Lipinski definition) is 4. The number of aliphatic hydroxyl groups excluding tert-OH is 1. The first-order chi connectivity index (χ1) is 8.78. The van der Waals surface area contributed by atoms with Gasteiger partial charge in [-0.15, -0.1) is 0 Å². The van der Waals surface area contributed by atoms with Crippen LogP contribution in [0.5, 0.6) is 0 Å². The predicted molar refractivity (Wildman–Crippen MR) is 74.9 cm³/mol. The number of nitrogens with zero attached hydrogens (tertiary/aromatic N) is 1. The van der Waals surface area contributed by atoms with Crippen molar-refractivity contribution in [2.45, 2.75) is 32.1 Å². The van der Waals surface area contributed by atoms with E-state index in [4.69, 9.17) is 0 Å². The van der Waals surface area contributed by atoms with E-state index in [1.54, 1.807) is 6.20 Å². The van der Waals surface area contributed by atoms with Gasteiger partial charge in [0.25, 0.3) is 0 Å². The molecular weight excluding hydrogens is 226 g/mol. The summed E-state index contributed by atoms with van der Waals surface area (Å²) in [5, 5.41) is 16.1. The number of hydrogen-bond donors (Lipinski definition) is 3. The van der Waals surface area contributed by atoms with Gasteiger partial charge in [0.15, 0.2) is 0 Å². The Bertz CT molecular complexity index is 375. The van der Waals surface area contributed by atoms with Crippen LogP contribution in [-0.4, -0.2) is 30.3 Å². The zero-order valence-electron chi connectivity index (χ0n) is 11.1. The number of nitrogens with one attached hydrogen (secondary N) is 2. The van der Waals surface area contributed by atoms with Gasteiger partial charge in [-0.3, -0.25) is 4.98 Å². The molecule has 0 aliphatic heterocycles. The van der Waals surface area contributed by atoms with Crippen LogP contribution >= 0.6 is 0 Å². The third kappa shape index (κ3) is 3.13. The van der Waals surface area contributed by atoms with Crippen LogP contribution in [-0.2, 0) is 0 Å². The van der Waals surface area contributed by atoms with Gasteiger partial charge in [0.05, 0.1) is 30.4 Å². The van der Waals surface area contributed by atoms with E-state index in [1.807, 2.05) is 19.3 Å². The van der Waals surface area contributed by atoms with Gasteiger partial charge in [-0.05, 0) is 18.9 Å². The van der Waals surface area contributed by atoms with Crippen LogP contribution in [0, 0.1) is 5.41 Å². The largest absolute Gasteiger partial charge is 0.396 e. The fourth-order valence-electron chi connectivity index (χ4n) is 2.66. The third-order valence-electron chi connectivity index (χ3n) is 3.94. The monoisotopic (exact) mass is 249 g/mol. The van der Waals surface area contributed by atoms with Crippen molar-refractivity contribution < 1.29 is 5.11 Å². The Morgan fingerprint density at radius 2 is 1.94 bits per heavy atom. The van der Waals surface area contributed by atoms with Crippen molar-refractivity contribution in [3.05, 3.63) is 18.5 Å². The highest BCUT2D eigenvalue weighted by molar-refractivity contribution is 5.53. The number of aromatic nitrogens is 1. The molecule has 1 aromatic heterocycles. The van der Waals surface area contributed by atoms with Crippen molar-refractivity contribution in [3.8, 4) is 0 Å². The van der Waals surface area contributed by atoms with Crippen LogP contribution in [0.25, 0.3) is 0 Å². The van der Waals surface area contributed by atoms with Crippen LogP contribution in [0.1, 0.15) is 32.1 Å². The minimum atomic E-state index is 0.0634. The summed E-state index contributed by atoms with van der Waals surface area (Å²) in [5.41, 5.74) is 2.08. The van der Waals surface area contributed by atoms with Crippen LogP contribution in [0.4, 0.5) is 11.4 Å². The second-order valence-corrected chi connectivity index (χ2v) is 5.28. The SMILES string of the molecule is CNc1cncc(NCC2(CO)CCCCC2)c1. The zero-order chi connectivity index (χ0) is 12.8. The van der Waals surface area contributed by atoms with Gasteiger partial charge in [0.2, 0.25) is 0 Å². The molecule has 100 valence electrons. The van der Waals surface area contributed by atoms with Crippen molar-refractivity contribution in [1.29, 1.82) is 0 Å². The molecular formula is C14H23N3O. The maximum absolute atomic E-state index is 9.65. The summed E-state index contributed by atoms with van der Waals surface area (Å²) >= 11 is 0.